The van der Waals surface area contributed by atoms with E-state index in [0.29, 0.717) is 0 Å². The van der Waals surface area contributed by atoms with Crippen LogP contribution in [-0.4, -0.2) is 20.8 Å². The van der Waals surface area contributed by atoms with E-state index >= 15 is 0 Å². The van der Waals surface area contributed by atoms with Gasteiger partial charge in [0.25, 0.3) is 5.91 Å². The normalized spacial score (nSPS) is 10.8. The van der Waals surface area contributed by atoms with Gasteiger partial charge in [0.15, 0.2) is 0 Å². The highest BCUT2D eigenvalue weighted by Gasteiger charge is 2.25. The first-order chi connectivity index (χ1) is 11.5. The number of hydrogen-bond acceptors (Lipinski definition) is 4. The van der Waals surface area contributed by atoms with E-state index in [1.165, 1.54) is 18.2 Å². The highest BCUT2D eigenvalue weighted by atomic mass is 35.5. The molecule has 0 fully saturated rings. The summed E-state index contributed by atoms with van der Waals surface area (Å²) in [7, 11) is 1.79. The third kappa shape index (κ3) is 3.03. The molecule has 3 aromatic rings. The Morgan fingerprint density at radius 1 is 1.46 bits per heavy atom. The Bertz CT molecular complexity index is 883. The first-order valence-electron chi connectivity index (χ1n) is 7.13. The molecule has 0 unspecified atom stereocenters. The number of rotatable bonds is 4. The van der Waals surface area contributed by atoms with Crippen LogP contribution in [0.3, 0.4) is 0 Å². The maximum absolute atomic E-state index is 14.1. The molecule has 1 amide bonds. The van der Waals surface area contributed by atoms with Crippen LogP contribution in [0.4, 0.5) is 4.39 Å². The van der Waals surface area contributed by atoms with Gasteiger partial charge in [0, 0.05) is 25.4 Å². The maximum Gasteiger partial charge on any atom is 0.257 e. The van der Waals surface area contributed by atoms with E-state index in [2.05, 4.69) is 15.6 Å². The highest BCUT2D eigenvalue weighted by molar-refractivity contribution is 6.33. The molecular formula is C16H14ClFN4O2. The van der Waals surface area contributed by atoms with Crippen molar-refractivity contribution in [3.8, 4) is 11.3 Å². The molecule has 2 heterocycles. The van der Waals surface area contributed by atoms with Crippen molar-refractivity contribution in [2.24, 2.45) is 7.05 Å². The van der Waals surface area contributed by atoms with Crippen LogP contribution in [0.15, 0.2) is 35.1 Å². The lowest BCUT2D eigenvalue weighted by Gasteiger charge is -2.06. The van der Waals surface area contributed by atoms with Gasteiger partial charge in [-0.2, -0.15) is 5.10 Å². The van der Waals surface area contributed by atoms with Crippen molar-refractivity contribution in [1.82, 2.24) is 20.3 Å². The zero-order chi connectivity index (χ0) is 17.3. The number of aromatic nitrogens is 3. The molecule has 0 aliphatic carbocycles. The van der Waals surface area contributed by atoms with Gasteiger partial charge < -0.3 is 9.84 Å². The summed E-state index contributed by atoms with van der Waals surface area (Å²) in [6.07, 6.45) is 3.44. The predicted octanol–water partition coefficient (Wildman–Crippen LogP) is 3.11. The number of carbonyl (C=O) groups excluding carboxylic acids is 1. The lowest BCUT2D eigenvalue weighted by Crippen LogP contribution is -2.23. The van der Waals surface area contributed by atoms with Crippen LogP contribution in [0.25, 0.3) is 11.3 Å². The molecule has 0 aliphatic heterocycles. The summed E-state index contributed by atoms with van der Waals surface area (Å²) >= 11 is 6.06. The van der Waals surface area contributed by atoms with E-state index < -0.39 is 11.7 Å². The van der Waals surface area contributed by atoms with Crippen molar-refractivity contribution < 1.29 is 13.7 Å². The smallest absolute Gasteiger partial charge is 0.257 e. The summed E-state index contributed by atoms with van der Waals surface area (Å²) < 4.78 is 20.9. The molecule has 3 rings (SSSR count). The maximum atomic E-state index is 14.1. The number of halogens is 2. The lowest BCUT2D eigenvalue weighted by molar-refractivity contribution is 0.0950. The van der Waals surface area contributed by atoms with Crippen LogP contribution in [0, 0.1) is 12.7 Å². The van der Waals surface area contributed by atoms with Crippen molar-refractivity contribution in [2.75, 3.05) is 0 Å². The van der Waals surface area contributed by atoms with E-state index in [9.17, 15) is 9.18 Å². The SMILES string of the molecule is Cc1onc(-c2c(F)cccc2Cl)c1C(=O)NCc1cnn(C)c1. The summed E-state index contributed by atoms with van der Waals surface area (Å²) in [4.78, 5) is 12.5. The van der Waals surface area contributed by atoms with Gasteiger partial charge in [-0.15, -0.1) is 0 Å². The monoisotopic (exact) mass is 348 g/mol. The Kier molecular flexibility index (Phi) is 4.35. The zero-order valence-electron chi connectivity index (χ0n) is 13.0. The minimum Gasteiger partial charge on any atom is -0.360 e. The van der Waals surface area contributed by atoms with Gasteiger partial charge in [-0.1, -0.05) is 22.8 Å². The molecule has 0 saturated carbocycles. The van der Waals surface area contributed by atoms with E-state index in [1.54, 1.807) is 31.0 Å². The van der Waals surface area contributed by atoms with Gasteiger partial charge in [-0.05, 0) is 19.1 Å². The largest absolute Gasteiger partial charge is 0.360 e. The number of carbonyl (C=O) groups is 1. The summed E-state index contributed by atoms with van der Waals surface area (Å²) in [5.74, 6) is -0.711. The third-order valence-electron chi connectivity index (χ3n) is 3.50. The van der Waals surface area contributed by atoms with E-state index in [-0.39, 0.29) is 34.1 Å². The van der Waals surface area contributed by atoms with Crippen LogP contribution in [0.1, 0.15) is 21.7 Å². The second-order valence-corrected chi connectivity index (χ2v) is 5.67. The summed E-state index contributed by atoms with van der Waals surface area (Å²) in [6, 6.07) is 4.26. The molecule has 1 N–H and O–H groups in total. The predicted molar refractivity (Wildman–Crippen MR) is 86.0 cm³/mol. The Labute approximate surface area is 142 Å². The van der Waals surface area contributed by atoms with Crippen LogP contribution < -0.4 is 5.32 Å². The van der Waals surface area contributed by atoms with Crippen LogP contribution in [0.2, 0.25) is 5.02 Å². The molecule has 24 heavy (non-hydrogen) atoms. The van der Waals surface area contributed by atoms with Crippen LogP contribution in [-0.2, 0) is 13.6 Å². The molecular weight excluding hydrogens is 335 g/mol. The topological polar surface area (TPSA) is 73.0 Å². The van der Waals surface area contributed by atoms with Gasteiger partial charge in [0.05, 0.1) is 16.8 Å². The standard InChI is InChI=1S/C16H14ClFN4O2/c1-9-13(16(23)19-6-10-7-20-22(2)8-10)15(21-24-9)14-11(17)4-3-5-12(14)18/h3-5,7-8H,6H2,1-2H3,(H,19,23). The average Bonchev–Trinajstić information content (AvgIpc) is 3.11. The van der Waals surface area contributed by atoms with Gasteiger partial charge in [0.2, 0.25) is 0 Å². The molecule has 0 bridgehead atoms. The zero-order valence-corrected chi connectivity index (χ0v) is 13.8. The minimum absolute atomic E-state index is 0.0440. The summed E-state index contributed by atoms with van der Waals surface area (Å²) in [5.41, 5.74) is 1.12. The molecule has 124 valence electrons. The molecule has 8 heteroatoms. The average molecular weight is 349 g/mol. The Morgan fingerprint density at radius 2 is 2.25 bits per heavy atom. The Balaban J connectivity index is 1.91. The summed E-state index contributed by atoms with van der Waals surface area (Å²) in [5, 5.41) is 10.7. The molecule has 2 aromatic heterocycles. The molecule has 0 saturated heterocycles. The van der Waals surface area contributed by atoms with Gasteiger partial charge in [-0.3, -0.25) is 9.48 Å². The fraction of sp³-hybridized carbons (Fsp3) is 0.188. The molecule has 6 nitrogen and oxygen atoms in total. The molecule has 1 aromatic carbocycles. The first-order valence-corrected chi connectivity index (χ1v) is 7.51. The molecule has 0 aliphatic rings. The first kappa shape index (κ1) is 16.2. The van der Waals surface area contributed by atoms with Crippen molar-refractivity contribution >= 4 is 17.5 Å². The number of hydrogen-bond donors (Lipinski definition) is 1. The Morgan fingerprint density at radius 3 is 2.92 bits per heavy atom. The number of amides is 1. The second-order valence-electron chi connectivity index (χ2n) is 5.26. The van der Waals surface area contributed by atoms with Gasteiger partial charge in [-0.25, -0.2) is 4.39 Å². The number of nitrogens with zero attached hydrogens (tertiary/aromatic N) is 3. The van der Waals surface area contributed by atoms with E-state index in [1.807, 2.05) is 0 Å². The lowest BCUT2D eigenvalue weighted by atomic mass is 10.0. The minimum atomic E-state index is -0.572. The summed E-state index contributed by atoms with van der Waals surface area (Å²) in [6.45, 7) is 1.87. The van der Waals surface area contributed by atoms with E-state index in [0.717, 1.165) is 5.56 Å². The molecule has 0 spiro atoms. The highest BCUT2D eigenvalue weighted by Crippen LogP contribution is 2.33. The number of aryl methyl sites for hydroxylation is 2. The second kappa shape index (κ2) is 6.45. The number of benzene rings is 1. The van der Waals surface area contributed by atoms with Crippen molar-refractivity contribution in [1.29, 1.82) is 0 Å². The fourth-order valence-corrected chi connectivity index (χ4v) is 2.62. The van der Waals surface area contributed by atoms with Gasteiger partial charge in [0.1, 0.15) is 22.8 Å². The van der Waals surface area contributed by atoms with Crippen molar-refractivity contribution in [3.05, 3.63) is 58.3 Å². The van der Waals surface area contributed by atoms with Crippen molar-refractivity contribution in [3.63, 3.8) is 0 Å². The Hall–Kier alpha value is -2.67. The molecule has 0 atom stereocenters. The van der Waals surface area contributed by atoms with Crippen LogP contribution >= 0.6 is 11.6 Å². The molecule has 0 radical (unpaired) electrons. The van der Waals surface area contributed by atoms with Crippen molar-refractivity contribution in [2.45, 2.75) is 13.5 Å². The third-order valence-corrected chi connectivity index (χ3v) is 3.82. The number of nitrogens with one attached hydrogen (secondary N) is 1. The fourth-order valence-electron chi connectivity index (χ4n) is 2.37. The van der Waals surface area contributed by atoms with Gasteiger partial charge >= 0.3 is 0 Å². The van der Waals surface area contributed by atoms with Crippen LogP contribution in [0.5, 0.6) is 0 Å². The van der Waals surface area contributed by atoms with E-state index in [4.69, 9.17) is 16.1 Å². The quantitative estimate of drug-likeness (QED) is 0.786.